The first kappa shape index (κ1) is 20.9. The van der Waals surface area contributed by atoms with Crippen LogP contribution in [0.2, 0.25) is 0 Å². The predicted molar refractivity (Wildman–Crippen MR) is 124 cm³/mol. The van der Waals surface area contributed by atoms with Gasteiger partial charge in [0, 0.05) is 12.2 Å². The lowest BCUT2D eigenvalue weighted by molar-refractivity contribution is 0.250. The van der Waals surface area contributed by atoms with Crippen molar-refractivity contribution in [1.29, 1.82) is 0 Å². The molecule has 0 fully saturated rings. The molecule has 1 aliphatic rings. The summed E-state index contributed by atoms with van der Waals surface area (Å²) >= 11 is 0. The summed E-state index contributed by atoms with van der Waals surface area (Å²) in [6, 6.07) is 24.3. The molecule has 160 valence electrons. The van der Waals surface area contributed by atoms with Gasteiger partial charge in [-0.15, -0.1) is 0 Å². The molecule has 2 N–H and O–H groups in total. The second-order valence-electron chi connectivity index (χ2n) is 7.64. The third-order valence-electron chi connectivity index (χ3n) is 5.36. The summed E-state index contributed by atoms with van der Waals surface area (Å²) in [5, 5.41) is 5.90. The molecule has 1 heterocycles. The molecule has 2 amide bonds. The highest BCUT2D eigenvalue weighted by molar-refractivity contribution is 7.92. The molecule has 31 heavy (non-hydrogen) atoms. The zero-order chi connectivity index (χ0) is 21.8. The van der Waals surface area contributed by atoms with Crippen molar-refractivity contribution in [3.05, 3.63) is 95.6 Å². The minimum absolute atomic E-state index is 0.312. The lowest BCUT2D eigenvalue weighted by Gasteiger charge is -2.29. The van der Waals surface area contributed by atoms with Crippen molar-refractivity contribution in [3.63, 3.8) is 0 Å². The summed E-state index contributed by atoms with van der Waals surface area (Å²) in [5.41, 5.74) is 4.09. The Bertz CT molecular complexity index is 1130. The lowest BCUT2D eigenvalue weighted by Crippen LogP contribution is -2.35. The van der Waals surface area contributed by atoms with Crippen molar-refractivity contribution < 1.29 is 13.2 Å². The van der Waals surface area contributed by atoms with Crippen molar-refractivity contribution in [3.8, 4) is 0 Å². The van der Waals surface area contributed by atoms with E-state index < -0.39 is 10.0 Å². The number of nitrogens with zero attached hydrogens (tertiary/aromatic N) is 1. The Kier molecular flexibility index (Phi) is 5.95. The first-order valence-corrected chi connectivity index (χ1v) is 12.0. The fourth-order valence-electron chi connectivity index (χ4n) is 3.91. The molecule has 0 saturated heterocycles. The Balaban J connectivity index is 1.56. The van der Waals surface area contributed by atoms with Crippen LogP contribution >= 0.6 is 0 Å². The number of rotatable bonds is 5. The maximum absolute atomic E-state index is 12.9. The van der Waals surface area contributed by atoms with Crippen molar-refractivity contribution >= 4 is 27.4 Å². The molecular formula is C24H25N3O3S. The van der Waals surface area contributed by atoms with Gasteiger partial charge in [0.05, 0.1) is 18.0 Å². The van der Waals surface area contributed by atoms with E-state index in [1.165, 1.54) is 10.6 Å². The number of urea groups is 1. The van der Waals surface area contributed by atoms with Crippen LogP contribution in [0.1, 0.15) is 29.2 Å². The number of hydrogen-bond acceptors (Lipinski definition) is 3. The molecule has 0 aromatic heterocycles. The van der Waals surface area contributed by atoms with E-state index in [-0.39, 0.29) is 12.1 Å². The van der Waals surface area contributed by atoms with E-state index in [9.17, 15) is 13.2 Å². The Morgan fingerprint density at radius 1 is 0.935 bits per heavy atom. The molecule has 1 aliphatic heterocycles. The van der Waals surface area contributed by atoms with Gasteiger partial charge in [-0.25, -0.2) is 13.2 Å². The van der Waals surface area contributed by atoms with Crippen LogP contribution in [-0.2, 0) is 16.4 Å². The van der Waals surface area contributed by atoms with Crippen LogP contribution in [0.15, 0.2) is 78.9 Å². The van der Waals surface area contributed by atoms with Crippen LogP contribution in [0.5, 0.6) is 0 Å². The van der Waals surface area contributed by atoms with Gasteiger partial charge < -0.3 is 10.6 Å². The Labute approximate surface area is 183 Å². The Morgan fingerprint density at radius 3 is 2.13 bits per heavy atom. The second kappa shape index (κ2) is 8.81. The van der Waals surface area contributed by atoms with Gasteiger partial charge >= 0.3 is 6.03 Å². The van der Waals surface area contributed by atoms with Crippen LogP contribution in [-0.4, -0.2) is 27.2 Å². The third-order valence-corrected chi connectivity index (χ3v) is 6.54. The number of benzene rings is 3. The first-order chi connectivity index (χ1) is 14.9. The molecule has 7 heteroatoms. The summed E-state index contributed by atoms with van der Waals surface area (Å²) in [6.45, 7) is 0.450. The van der Waals surface area contributed by atoms with E-state index in [1.807, 2.05) is 72.8 Å². The zero-order valence-corrected chi connectivity index (χ0v) is 18.1. The smallest absolute Gasteiger partial charge is 0.319 e. The molecule has 0 atom stereocenters. The lowest BCUT2D eigenvalue weighted by atomic mass is 9.99. The summed E-state index contributed by atoms with van der Waals surface area (Å²) in [7, 11) is -3.37. The van der Waals surface area contributed by atoms with Crippen LogP contribution in [0, 0.1) is 0 Å². The van der Waals surface area contributed by atoms with E-state index in [1.54, 1.807) is 6.07 Å². The van der Waals surface area contributed by atoms with Crippen molar-refractivity contribution in [1.82, 2.24) is 5.32 Å². The molecule has 3 aromatic rings. The number of hydrogen-bond donors (Lipinski definition) is 2. The Morgan fingerprint density at radius 2 is 1.55 bits per heavy atom. The molecule has 0 spiro atoms. The van der Waals surface area contributed by atoms with Gasteiger partial charge in [0.2, 0.25) is 10.0 Å². The number of sulfonamides is 1. The molecule has 0 saturated carbocycles. The highest BCUT2D eigenvalue weighted by Crippen LogP contribution is 2.32. The van der Waals surface area contributed by atoms with Crippen LogP contribution in [0.25, 0.3) is 0 Å². The number of fused-ring (bicyclic) bond motifs is 1. The fraction of sp³-hybridized carbons (Fsp3) is 0.208. The second-order valence-corrected chi connectivity index (χ2v) is 9.54. The quantitative estimate of drug-likeness (QED) is 0.627. The van der Waals surface area contributed by atoms with Crippen molar-refractivity contribution in [2.24, 2.45) is 0 Å². The van der Waals surface area contributed by atoms with Gasteiger partial charge in [0.15, 0.2) is 0 Å². The number of amides is 2. The van der Waals surface area contributed by atoms with E-state index in [4.69, 9.17) is 0 Å². The minimum Gasteiger partial charge on any atom is -0.327 e. The van der Waals surface area contributed by atoms with Crippen LogP contribution < -0.4 is 14.9 Å². The highest BCUT2D eigenvalue weighted by Gasteiger charge is 2.24. The van der Waals surface area contributed by atoms with Gasteiger partial charge in [0.1, 0.15) is 0 Å². The molecular weight excluding hydrogens is 410 g/mol. The first-order valence-electron chi connectivity index (χ1n) is 10.2. The van der Waals surface area contributed by atoms with Crippen molar-refractivity contribution in [2.75, 3.05) is 22.4 Å². The van der Waals surface area contributed by atoms with E-state index >= 15 is 0 Å². The minimum atomic E-state index is -3.37. The van der Waals surface area contributed by atoms with Gasteiger partial charge in [-0.05, 0) is 41.7 Å². The summed E-state index contributed by atoms with van der Waals surface area (Å²) in [5.74, 6) is 0. The average molecular weight is 436 g/mol. The number of aryl methyl sites for hydroxylation is 1. The molecule has 0 unspecified atom stereocenters. The Hall–Kier alpha value is -3.32. The third kappa shape index (κ3) is 4.88. The van der Waals surface area contributed by atoms with Gasteiger partial charge in [-0.1, -0.05) is 66.7 Å². The van der Waals surface area contributed by atoms with E-state index in [2.05, 4.69) is 10.6 Å². The van der Waals surface area contributed by atoms with E-state index in [0.29, 0.717) is 17.9 Å². The van der Waals surface area contributed by atoms with Gasteiger partial charge in [-0.3, -0.25) is 4.31 Å². The molecule has 0 aliphatic carbocycles. The number of anilines is 2. The molecule has 0 radical (unpaired) electrons. The standard InChI is InChI=1S/C24H25N3O3S/c1-31(29,30)27-16-8-13-18-14-15-21(17-22(18)27)25-24(28)26-23(19-9-4-2-5-10-19)20-11-6-3-7-12-20/h2-7,9-12,14-15,17,23H,8,13,16H2,1H3,(H2,25,26,28). The summed E-state index contributed by atoms with van der Waals surface area (Å²) in [6.07, 6.45) is 2.81. The SMILES string of the molecule is CS(=O)(=O)N1CCCc2ccc(NC(=O)NC(c3ccccc3)c3ccccc3)cc21. The molecule has 3 aromatic carbocycles. The van der Waals surface area contributed by atoms with E-state index in [0.717, 1.165) is 29.5 Å². The molecule has 4 rings (SSSR count). The predicted octanol–water partition coefficient (Wildman–Crippen LogP) is 4.31. The van der Waals surface area contributed by atoms with Crippen LogP contribution in [0.3, 0.4) is 0 Å². The van der Waals surface area contributed by atoms with Crippen molar-refractivity contribution in [2.45, 2.75) is 18.9 Å². The highest BCUT2D eigenvalue weighted by atomic mass is 32.2. The number of nitrogens with one attached hydrogen (secondary N) is 2. The molecule has 0 bridgehead atoms. The number of carbonyl (C=O) groups is 1. The monoisotopic (exact) mass is 435 g/mol. The number of carbonyl (C=O) groups excluding carboxylic acids is 1. The summed E-state index contributed by atoms with van der Waals surface area (Å²) < 4.78 is 25.7. The zero-order valence-electron chi connectivity index (χ0n) is 17.3. The largest absolute Gasteiger partial charge is 0.327 e. The average Bonchev–Trinajstić information content (AvgIpc) is 2.77. The maximum Gasteiger partial charge on any atom is 0.319 e. The van der Waals surface area contributed by atoms with Crippen LogP contribution in [0.4, 0.5) is 16.2 Å². The summed E-state index contributed by atoms with van der Waals surface area (Å²) in [4.78, 5) is 12.9. The maximum atomic E-state index is 12.9. The fourth-order valence-corrected chi connectivity index (χ4v) is 4.90. The molecule has 6 nitrogen and oxygen atoms in total. The van der Waals surface area contributed by atoms with Gasteiger partial charge in [0.25, 0.3) is 0 Å². The normalized spacial score (nSPS) is 13.5. The topological polar surface area (TPSA) is 78.5 Å². The van der Waals surface area contributed by atoms with Gasteiger partial charge in [-0.2, -0.15) is 0 Å².